The molecule has 29 heavy (non-hydrogen) atoms. The summed E-state index contributed by atoms with van der Waals surface area (Å²) in [6.45, 7) is 2.07. The Morgan fingerprint density at radius 1 is 1.00 bits per heavy atom. The Kier molecular flexibility index (Phi) is 5.72. The van der Waals surface area contributed by atoms with Gasteiger partial charge in [-0.1, -0.05) is 12.1 Å². The van der Waals surface area contributed by atoms with Crippen LogP contribution in [0.15, 0.2) is 30.3 Å². The summed E-state index contributed by atoms with van der Waals surface area (Å²) in [6, 6.07) is 8.28. The quantitative estimate of drug-likeness (QED) is 0.522. The number of nitrogens with zero attached hydrogens (tertiary/aromatic N) is 1. The van der Waals surface area contributed by atoms with Gasteiger partial charge in [-0.15, -0.1) is 0 Å². The third kappa shape index (κ3) is 3.49. The van der Waals surface area contributed by atoms with Gasteiger partial charge in [0.25, 0.3) is 11.7 Å². The summed E-state index contributed by atoms with van der Waals surface area (Å²) in [6.07, 6.45) is 0. The highest BCUT2D eigenvalue weighted by Crippen LogP contribution is 2.48. The molecule has 0 saturated carbocycles. The monoisotopic (exact) mass is 399 g/mol. The number of Topliss-reactive ketones (excluding diaryl/α,β-unsaturated/α-hetero) is 1. The predicted octanol–water partition coefficient (Wildman–Crippen LogP) is 2.62. The molecule has 152 valence electrons. The van der Waals surface area contributed by atoms with Crippen molar-refractivity contribution in [2.45, 2.75) is 13.5 Å². The molecule has 0 atom stereocenters. The van der Waals surface area contributed by atoms with Crippen LogP contribution in [0.2, 0.25) is 0 Å². The van der Waals surface area contributed by atoms with Crippen molar-refractivity contribution < 1.29 is 33.3 Å². The molecule has 0 saturated heterocycles. The van der Waals surface area contributed by atoms with Gasteiger partial charge in [0, 0.05) is 6.07 Å². The van der Waals surface area contributed by atoms with Crippen LogP contribution >= 0.6 is 0 Å². The zero-order valence-corrected chi connectivity index (χ0v) is 16.6. The van der Waals surface area contributed by atoms with Crippen molar-refractivity contribution in [3.8, 4) is 17.2 Å². The maximum atomic E-state index is 12.7. The fourth-order valence-corrected chi connectivity index (χ4v) is 3.27. The zero-order chi connectivity index (χ0) is 21.1. The van der Waals surface area contributed by atoms with E-state index in [1.807, 2.05) is 0 Å². The van der Waals surface area contributed by atoms with Crippen LogP contribution < -0.4 is 19.1 Å². The maximum Gasteiger partial charge on any atom is 0.338 e. The SMILES string of the molecule is CCOC(=O)c1cccc(CN2C(=O)C(=O)c3c2cc(OC)c(OC)c3OC)c1. The molecule has 8 nitrogen and oxygen atoms in total. The topological polar surface area (TPSA) is 91.4 Å². The van der Waals surface area contributed by atoms with E-state index in [1.165, 1.54) is 26.2 Å². The first-order valence-corrected chi connectivity index (χ1v) is 8.92. The molecule has 0 bridgehead atoms. The highest BCUT2D eigenvalue weighted by molar-refractivity contribution is 6.53. The largest absolute Gasteiger partial charge is 0.493 e. The number of hydrogen-bond donors (Lipinski definition) is 0. The Balaban J connectivity index is 2.04. The first kappa shape index (κ1) is 20.2. The van der Waals surface area contributed by atoms with Gasteiger partial charge in [-0.3, -0.25) is 9.59 Å². The van der Waals surface area contributed by atoms with E-state index in [9.17, 15) is 14.4 Å². The lowest BCUT2D eigenvalue weighted by Crippen LogP contribution is -2.29. The van der Waals surface area contributed by atoms with Crippen molar-refractivity contribution in [1.82, 2.24) is 0 Å². The minimum absolute atomic E-state index is 0.0868. The third-order valence-corrected chi connectivity index (χ3v) is 4.55. The molecule has 0 aliphatic carbocycles. The molecule has 1 aliphatic heterocycles. The molecule has 3 rings (SSSR count). The summed E-state index contributed by atoms with van der Waals surface area (Å²) in [5.41, 5.74) is 1.51. The number of ether oxygens (including phenoxy) is 4. The Bertz CT molecular complexity index is 983. The Morgan fingerprint density at radius 2 is 1.72 bits per heavy atom. The second kappa shape index (κ2) is 8.22. The zero-order valence-electron chi connectivity index (χ0n) is 16.6. The van der Waals surface area contributed by atoms with Gasteiger partial charge in [0.15, 0.2) is 11.5 Å². The minimum atomic E-state index is -0.699. The number of methoxy groups -OCH3 is 3. The van der Waals surface area contributed by atoms with Crippen LogP contribution in [0.25, 0.3) is 0 Å². The van der Waals surface area contributed by atoms with E-state index in [-0.39, 0.29) is 30.2 Å². The number of rotatable bonds is 7. The standard InChI is InChI=1S/C21H21NO7/c1-5-29-21(25)13-8-6-7-12(9-13)11-22-14-10-15(26-2)18(27-3)19(28-4)16(14)17(23)20(22)24/h6-10H,5,11H2,1-4H3. The van der Waals surface area contributed by atoms with Crippen LogP contribution in [-0.4, -0.2) is 45.6 Å². The summed E-state index contributed by atoms with van der Waals surface area (Å²) in [5, 5.41) is 0. The summed E-state index contributed by atoms with van der Waals surface area (Å²) >= 11 is 0. The van der Waals surface area contributed by atoms with Gasteiger partial charge in [-0.05, 0) is 24.6 Å². The number of esters is 1. The molecular formula is C21H21NO7. The predicted molar refractivity (Wildman–Crippen MR) is 104 cm³/mol. The van der Waals surface area contributed by atoms with Crippen molar-refractivity contribution in [2.75, 3.05) is 32.8 Å². The van der Waals surface area contributed by atoms with Gasteiger partial charge in [-0.2, -0.15) is 0 Å². The lowest BCUT2D eigenvalue weighted by Gasteiger charge is -2.20. The molecule has 0 aromatic heterocycles. The van der Waals surface area contributed by atoms with E-state index in [0.29, 0.717) is 22.6 Å². The molecule has 1 amide bonds. The highest BCUT2D eigenvalue weighted by Gasteiger charge is 2.41. The third-order valence-electron chi connectivity index (χ3n) is 4.55. The average Bonchev–Trinajstić information content (AvgIpc) is 2.97. The molecule has 8 heteroatoms. The second-order valence-corrected chi connectivity index (χ2v) is 6.18. The summed E-state index contributed by atoms with van der Waals surface area (Å²) in [5.74, 6) is -1.14. The van der Waals surface area contributed by atoms with Crippen molar-refractivity contribution in [3.63, 3.8) is 0 Å². The van der Waals surface area contributed by atoms with E-state index in [1.54, 1.807) is 37.3 Å². The molecule has 0 N–H and O–H groups in total. The average molecular weight is 399 g/mol. The number of amides is 1. The van der Waals surface area contributed by atoms with E-state index in [4.69, 9.17) is 18.9 Å². The van der Waals surface area contributed by atoms with Crippen molar-refractivity contribution in [3.05, 3.63) is 47.0 Å². The summed E-state index contributed by atoms with van der Waals surface area (Å²) in [7, 11) is 4.27. The summed E-state index contributed by atoms with van der Waals surface area (Å²) in [4.78, 5) is 38.7. The van der Waals surface area contributed by atoms with E-state index >= 15 is 0 Å². The molecule has 0 unspecified atom stereocenters. The van der Waals surface area contributed by atoms with Crippen LogP contribution in [0.5, 0.6) is 17.2 Å². The van der Waals surface area contributed by atoms with Crippen LogP contribution in [0.3, 0.4) is 0 Å². The fraction of sp³-hybridized carbons (Fsp3) is 0.286. The minimum Gasteiger partial charge on any atom is -0.493 e. The lowest BCUT2D eigenvalue weighted by atomic mass is 10.1. The number of carbonyl (C=O) groups excluding carboxylic acids is 3. The van der Waals surface area contributed by atoms with Crippen molar-refractivity contribution in [1.29, 1.82) is 0 Å². The first-order chi connectivity index (χ1) is 14.0. The Hall–Kier alpha value is -3.55. The van der Waals surface area contributed by atoms with Gasteiger partial charge in [0.05, 0.1) is 51.3 Å². The number of anilines is 1. The van der Waals surface area contributed by atoms with E-state index in [0.717, 1.165) is 0 Å². The summed E-state index contributed by atoms with van der Waals surface area (Å²) < 4.78 is 21.0. The van der Waals surface area contributed by atoms with Crippen LogP contribution in [-0.2, 0) is 16.1 Å². The molecule has 0 spiro atoms. The number of ketones is 1. The Morgan fingerprint density at radius 3 is 2.34 bits per heavy atom. The van der Waals surface area contributed by atoms with Gasteiger partial charge in [-0.25, -0.2) is 4.79 Å². The second-order valence-electron chi connectivity index (χ2n) is 6.18. The molecule has 0 fully saturated rings. The van der Waals surface area contributed by atoms with Gasteiger partial charge in [0.2, 0.25) is 5.75 Å². The van der Waals surface area contributed by atoms with E-state index < -0.39 is 17.7 Å². The number of fused-ring (bicyclic) bond motifs is 1. The molecule has 1 aliphatic rings. The number of benzene rings is 2. The highest BCUT2D eigenvalue weighted by atomic mass is 16.5. The van der Waals surface area contributed by atoms with Gasteiger partial charge >= 0.3 is 5.97 Å². The normalized spacial score (nSPS) is 12.6. The first-order valence-electron chi connectivity index (χ1n) is 8.92. The van der Waals surface area contributed by atoms with E-state index in [2.05, 4.69) is 0 Å². The van der Waals surface area contributed by atoms with Gasteiger partial charge in [0.1, 0.15) is 0 Å². The Labute approximate surface area is 167 Å². The van der Waals surface area contributed by atoms with Crippen molar-refractivity contribution in [2.24, 2.45) is 0 Å². The number of carbonyl (C=O) groups is 3. The van der Waals surface area contributed by atoms with Crippen molar-refractivity contribution >= 4 is 23.3 Å². The fourth-order valence-electron chi connectivity index (χ4n) is 3.27. The van der Waals surface area contributed by atoms with Crippen LogP contribution in [0, 0.1) is 0 Å². The van der Waals surface area contributed by atoms with Gasteiger partial charge < -0.3 is 23.8 Å². The molecule has 0 radical (unpaired) electrons. The van der Waals surface area contributed by atoms with Crippen LogP contribution in [0.4, 0.5) is 5.69 Å². The molecule has 2 aromatic carbocycles. The van der Waals surface area contributed by atoms with Crippen LogP contribution in [0.1, 0.15) is 33.2 Å². The lowest BCUT2D eigenvalue weighted by molar-refractivity contribution is -0.114. The smallest absolute Gasteiger partial charge is 0.338 e. The number of hydrogen-bond acceptors (Lipinski definition) is 7. The molecular weight excluding hydrogens is 378 g/mol. The molecule has 2 aromatic rings. The molecule has 1 heterocycles. The maximum absolute atomic E-state index is 12.7.